The number of alkyl carbamates (subject to hydrolysis) is 1. The molecule has 0 radical (unpaired) electrons. The summed E-state index contributed by atoms with van der Waals surface area (Å²) >= 11 is 0. The quantitative estimate of drug-likeness (QED) is 0.0421. The van der Waals surface area contributed by atoms with E-state index in [1.807, 2.05) is 20.8 Å². The third kappa shape index (κ3) is 31.5. The Morgan fingerprint density at radius 2 is 0.958 bits per heavy atom. The molecule has 0 bridgehead atoms. The van der Waals surface area contributed by atoms with Crippen molar-refractivity contribution in [2.45, 2.75) is 214 Å². The first-order chi connectivity index (χ1) is 23.1. The maximum atomic E-state index is 13.2. The monoisotopic (exact) mass is 682 g/mol. The van der Waals surface area contributed by atoms with E-state index < -0.39 is 11.7 Å². The van der Waals surface area contributed by atoms with E-state index in [-0.39, 0.29) is 23.8 Å². The first-order valence-corrected chi connectivity index (χ1v) is 20.4. The third-order valence-corrected chi connectivity index (χ3v) is 9.12. The fourth-order valence-corrected chi connectivity index (χ4v) is 6.05. The van der Waals surface area contributed by atoms with Gasteiger partial charge >= 0.3 is 18.0 Å². The van der Waals surface area contributed by atoms with Crippen molar-refractivity contribution in [3.63, 3.8) is 0 Å². The molecular formula is C41H79NO6. The second kappa shape index (κ2) is 32.4. The van der Waals surface area contributed by atoms with Crippen LogP contribution in [0.1, 0.15) is 208 Å². The van der Waals surface area contributed by atoms with Gasteiger partial charge in [0.25, 0.3) is 0 Å². The minimum atomic E-state index is -0.583. The molecule has 0 aromatic carbocycles. The Hall–Kier alpha value is -1.79. The average molecular weight is 682 g/mol. The smallest absolute Gasteiger partial charge is 0.407 e. The Bertz CT molecular complexity index is 749. The summed E-state index contributed by atoms with van der Waals surface area (Å²) in [6, 6.07) is 0. The largest absolute Gasteiger partial charge is 0.466 e. The summed E-state index contributed by atoms with van der Waals surface area (Å²) in [6.07, 6.45) is 28.4. The first-order valence-electron chi connectivity index (χ1n) is 20.4. The number of hydrogen-bond acceptors (Lipinski definition) is 6. The van der Waals surface area contributed by atoms with E-state index in [0.717, 1.165) is 38.5 Å². The van der Waals surface area contributed by atoms with Crippen LogP contribution in [0.15, 0.2) is 0 Å². The van der Waals surface area contributed by atoms with E-state index in [0.29, 0.717) is 39.0 Å². The minimum Gasteiger partial charge on any atom is -0.466 e. The molecule has 0 aromatic heterocycles. The predicted octanol–water partition coefficient (Wildman–Crippen LogP) is 12.0. The highest BCUT2D eigenvalue weighted by atomic mass is 16.6. The van der Waals surface area contributed by atoms with Gasteiger partial charge < -0.3 is 19.5 Å². The number of unbranched alkanes of at least 4 members (excludes halogenated alkanes) is 18. The van der Waals surface area contributed by atoms with E-state index in [4.69, 9.17) is 14.2 Å². The lowest BCUT2D eigenvalue weighted by Crippen LogP contribution is -2.36. The van der Waals surface area contributed by atoms with Gasteiger partial charge in [-0.2, -0.15) is 0 Å². The summed E-state index contributed by atoms with van der Waals surface area (Å²) in [6.45, 7) is 13.2. The summed E-state index contributed by atoms with van der Waals surface area (Å²) < 4.78 is 16.8. The van der Waals surface area contributed by atoms with Crippen LogP contribution in [0.3, 0.4) is 0 Å². The van der Waals surface area contributed by atoms with Crippen molar-refractivity contribution < 1.29 is 28.6 Å². The molecule has 0 saturated heterocycles. The summed E-state index contributed by atoms with van der Waals surface area (Å²) in [4.78, 5) is 37.9. The van der Waals surface area contributed by atoms with Gasteiger partial charge in [-0.05, 0) is 58.8 Å². The summed E-state index contributed by atoms with van der Waals surface area (Å²) in [5.74, 6) is -0.275. The van der Waals surface area contributed by atoms with Crippen molar-refractivity contribution in [3.05, 3.63) is 0 Å². The highest BCUT2D eigenvalue weighted by Gasteiger charge is 2.21. The Morgan fingerprint density at radius 3 is 1.42 bits per heavy atom. The molecule has 7 nitrogen and oxygen atoms in total. The lowest BCUT2D eigenvalue weighted by Gasteiger charge is -2.22. The average Bonchev–Trinajstić information content (AvgIpc) is 3.03. The van der Waals surface area contributed by atoms with Gasteiger partial charge in [-0.3, -0.25) is 9.59 Å². The van der Waals surface area contributed by atoms with Crippen LogP contribution in [0.2, 0.25) is 0 Å². The van der Waals surface area contributed by atoms with Crippen LogP contribution in [0.25, 0.3) is 0 Å². The highest BCUT2D eigenvalue weighted by molar-refractivity contribution is 5.72. The van der Waals surface area contributed by atoms with Crippen molar-refractivity contribution >= 4 is 18.0 Å². The number of rotatable bonds is 33. The highest BCUT2D eigenvalue weighted by Crippen LogP contribution is 2.22. The third-order valence-electron chi connectivity index (χ3n) is 9.12. The van der Waals surface area contributed by atoms with Gasteiger partial charge in [0.15, 0.2) is 0 Å². The van der Waals surface area contributed by atoms with Crippen LogP contribution >= 0.6 is 0 Å². The Balaban J connectivity index is 4.78. The SMILES string of the molecule is CCCCCCCCCCCC(=O)OCCC(CCOC(=O)C(CCCCCCCC)CCCCCCCC)CNC(=O)OC(C)(C)C. The molecule has 48 heavy (non-hydrogen) atoms. The summed E-state index contributed by atoms with van der Waals surface area (Å²) in [5.41, 5.74) is -0.583. The fourth-order valence-electron chi connectivity index (χ4n) is 6.05. The van der Waals surface area contributed by atoms with Gasteiger partial charge in [-0.1, -0.05) is 149 Å². The Labute approximate surface area is 297 Å². The van der Waals surface area contributed by atoms with Crippen LogP contribution in [0, 0.1) is 11.8 Å². The lowest BCUT2D eigenvalue weighted by molar-refractivity contribution is -0.149. The van der Waals surface area contributed by atoms with Gasteiger partial charge in [0.2, 0.25) is 0 Å². The Kier molecular flexibility index (Phi) is 31.2. The van der Waals surface area contributed by atoms with Crippen LogP contribution in [-0.2, 0) is 23.8 Å². The molecule has 284 valence electrons. The standard InChI is InChI=1S/C41H79NO6/c1-7-10-13-16-19-20-21-24-27-30-38(43)46-33-31-36(35-42-40(45)48-41(4,5)6)32-34-47-39(44)37(28-25-22-17-14-11-8-2)29-26-23-18-15-12-9-3/h36-37H,7-35H2,1-6H3,(H,42,45). The van der Waals surface area contributed by atoms with Gasteiger partial charge in [-0.25, -0.2) is 4.79 Å². The number of amides is 1. The van der Waals surface area contributed by atoms with Crippen LogP contribution in [0.5, 0.6) is 0 Å². The van der Waals surface area contributed by atoms with Crippen molar-refractivity contribution in [2.24, 2.45) is 11.8 Å². The van der Waals surface area contributed by atoms with E-state index in [1.165, 1.54) is 109 Å². The number of carbonyl (C=O) groups is 3. The zero-order valence-corrected chi connectivity index (χ0v) is 32.6. The molecule has 0 spiro atoms. The maximum absolute atomic E-state index is 13.2. The van der Waals surface area contributed by atoms with Gasteiger partial charge in [0.1, 0.15) is 5.60 Å². The summed E-state index contributed by atoms with van der Waals surface area (Å²) in [5, 5.41) is 2.86. The second-order valence-corrected chi connectivity index (χ2v) is 15.1. The Morgan fingerprint density at radius 1 is 0.542 bits per heavy atom. The number of esters is 2. The molecule has 1 unspecified atom stereocenters. The normalized spacial score (nSPS) is 12.2. The van der Waals surface area contributed by atoms with E-state index >= 15 is 0 Å². The lowest BCUT2D eigenvalue weighted by atomic mass is 9.94. The molecule has 0 rings (SSSR count). The molecule has 1 amide bonds. The molecule has 0 aliphatic heterocycles. The van der Waals surface area contributed by atoms with Gasteiger partial charge in [0.05, 0.1) is 19.1 Å². The van der Waals surface area contributed by atoms with E-state index in [1.54, 1.807) is 0 Å². The molecule has 1 atom stereocenters. The number of ether oxygens (including phenoxy) is 3. The van der Waals surface area contributed by atoms with Crippen molar-refractivity contribution in [1.82, 2.24) is 5.32 Å². The van der Waals surface area contributed by atoms with Crippen molar-refractivity contribution in [3.8, 4) is 0 Å². The number of nitrogens with one attached hydrogen (secondary N) is 1. The molecular weight excluding hydrogens is 602 g/mol. The van der Waals surface area contributed by atoms with Crippen molar-refractivity contribution in [2.75, 3.05) is 19.8 Å². The van der Waals surface area contributed by atoms with E-state index in [2.05, 4.69) is 26.1 Å². The fraction of sp³-hybridized carbons (Fsp3) is 0.927. The van der Waals surface area contributed by atoms with Crippen LogP contribution in [-0.4, -0.2) is 43.4 Å². The topological polar surface area (TPSA) is 90.9 Å². The molecule has 1 N–H and O–H groups in total. The molecule has 0 saturated carbocycles. The van der Waals surface area contributed by atoms with Crippen molar-refractivity contribution in [1.29, 1.82) is 0 Å². The predicted molar refractivity (Wildman–Crippen MR) is 200 cm³/mol. The van der Waals surface area contributed by atoms with Gasteiger partial charge in [0, 0.05) is 13.0 Å². The molecule has 0 aliphatic rings. The molecule has 0 aromatic rings. The zero-order chi connectivity index (χ0) is 35.7. The maximum Gasteiger partial charge on any atom is 0.407 e. The number of carbonyl (C=O) groups excluding carboxylic acids is 3. The van der Waals surface area contributed by atoms with Crippen LogP contribution < -0.4 is 5.32 Å². The van der Waals surface area contributed by atoms with Gasteiger partial charge in [-0.15, -0.1) is 0 Å². The molecule has 0 fully saturated rings. The van der Waals surface area contributed by atoms with E-state index in [9.17, 15) is 14.4 Å². The zero-order valence-electron chi connectivity index (χ0n) is 32.6. The molecule has 7 heteroatoms. The molecule has 0 heterocycles. The van der Waals surface area contributed by atoms with Crippen LogP contribution in [0.4, 0.5) is 4.79 Å². The summed E-state index contributed by atoms with van der Waals surface area (Å²) in [7, 11) is 0. The molecule has 0 aliphatic carbocycles. The minimum absolute atomic E-state index is 0.00130. The number of hydrogen-bond donors (Lipinski definition) is 1. The first kappa shape index (κ1) is 46.2. The second-order valence-electron chi connectivity index (χ2n) is 15.1.